The molecule has 0 fully saturated rings. The van der Waals surface area contributed by atoms with Gasteiger partial charge in [0.2, 0.25) is 0 Å². The first-order valence-electron chi connectivity index (χ1n) is 9.44. The van der Waals surface area contributed by atoms with Gasteiger partial charge >= 0.3 is 0 Å². The molecule has 3 aromatic rings. The second-order valence-electron chi connectivity index (χ2n) is 6.31. The van der Waals surface area contributed by atoms with Crippen LogP contribution in [0.4, 0.5) is 0 Å². The first-order valence-corrected chi connectivity index (χ1v) is 10.4. The highest BCUT2D eigenvalue weighted by Gasteiger charge is 1.98. The smallest absolute Gasteiger partial charge is 0.251 e. The number of unbranched alkanes of at least 4 members (excludes halogenated alkanes) is 2. The summed E-state index contributed by atoms with van der Waals surface area (Å²) >= 11 is 1.58. The van der Waals surface area contributed by atoms with Crippen LogP contribution in [0.25, 0.3) is 12.2 Å². The van der Waals surface area contributed by atoms with Crippen molar-refractivity contribution in [2.45, 2.75) is 24.4 Å². The van der Waals surface area contributed by atoms with Crippen LogP contribution in [0.5, 0.6) is 5.75 Å². The van der Waals surface area contributed by atoms with Crippen molar-refractivity contribution < 1.29 is 4.74 Å². The van der Waals surface area contributed by atoms with Gasteiger partial charge in [0.05, 0.1) is 6.61 Å². The van der Waals surface area contributed by atoms with Gasteiger partial charge < -0.3 is 9.72 Å². The van der Waals surface area contributed by atoms with Crippen molar-refractivity contribution in [1.82, 2.24) is 9.97 Å². The van der Waals surface area contributed by atoms with E-state index in [1.807, 2.05) is 30.3 Å². The van der Waals surface area contributed by atoms with Gasteiger partial charge in [0.15, 0.2) is 5.16 Å². The number of nitrogens with one attached hydrogen (secondary N) is 1. The molecule has 0 bridgehead atoms. The van der Waals surface area contributed by atoms with E-state index in [4.69, 9.17) is 4.74 Å². The predicted octanol–water partition coefficient (Wildman–Crippen LogP) is 5.28. The van der Waals surface area contributed by atoms with E-state index in [2.05, 4.69) is 46.4 Å². The number of benzene rings is 2. The molecule has 0 atom stereocenters. The molecule has 28 heavy (non-hydrogen) atoms. The summed E-state index contributed by atoms with van der Waals surface area (Å²) in [4.78, 5) is 18.0. The SMILES string of the molecule is O=c1ccnc(SCCCCCOc2ccc(/C=C/c3ccccc3)cc2)[nH]1. The quantitative estimate of drug-likeness (QED) is 0.221. The van der Waals surface area contributed by atoms with Crippen LogP contribution in [0.3, 0.4) is 0 Å². The van der Waals surface area contributed by atoms with E-state index in [1.54, 1.807) is 11.8 Å². The molecule has 0 unspecified atom stereocenters. The van der Waals surface area contributed by atoms with Crippen LogP contribution in [0.2, 0.25) is 0 Å². The monoisotopic (exact) mass is 392 g/mol. The fourth-order valence-electron chi connectivity index (χ4n) is 2.60. The van der Waals surface area contributed by atoms with E-state index in [1.165, 1.54) is 17.8 Å². The lowest BCUT2D eigenvalue weighted by Crippen LogP contribution is -2.05. The Kier molecular flexibility index (Phi) is 7.94. The molecule has 0 saturated heterocycles. The van der Waals surface area contributed by atoms with Crippen molar-refractivity contribution in [3.05, 3.63) is 88.3 Å². The van der Waals surface area contributed by atoms with E-state index in [0.29, 0.717) is 11.8 Å². The lowest BCUT2D eigenvalue weighted by Gasteiger charge is -2.06. The summed E-state index contributed by atoms with van der Waals surface area (Å²) in [6, 6.07) is 19.8. The van der Waals surface area contributed by atoms with Crippen molar-refractivity contribution in [1.29, 1.82) is 0 Å². The Hall–Kier alpha value is -2.79. The number of rotatable bonds is 10. The molecule has 3 rings (SSSR count). The molecule has 1 heterocycles. The van der Waals surface area contributed by atoms with Gasteiger partial charge in [0.1, 0.15) is 5.75 Å². The molecular weight excluding hydrogens is 368 g/mol. The molecule has 0 amide bonds. The molecule has 0 aliphatic carbocycles. The third-order valence-corrected chi connectivity index (χ3v) is 5.07. The van der Waals surface area contributed by atoms with Crippen LogP contribution in [-0.4, -0.2) is 22.3 Å². The number of H-pyrrole nitrogens is 1. The molecule has 5 heteroatoms. The van der Waals surface area contributed by atoms with Gasteiger partial charge in [0, 0.05) is 18.0 Å². The molecule has 2 aromatic carbocycles. The number of thioether (sulfide) groups is 1. The molecule has 0 aliphatic heterocycles. The zero-order chi connectivity index (χ0) is 19.4. The summed E-state index contributed by atoms with van der Waals surface area (Å²) in [5.41, 5.74) is 2.24. The number of hydrogen-bond acceptors (Lipinski definition) is 4. The lowest BCUT2D eigenvalue weighted by molar-refractivity contribution is 0.306. The predicted molar refractivity (Wildman–Crippen MR) is 117 cm³/mol. The van der Waals surface area contributed by atoms with Gasteiger partial charge in [-0.3, -0.25) is 4.79 Å². The van der Waals surface area contributed by atoms with Gasteiger partial charge in [0.25, 0.3) is 5.56 Å². The van der Waals surface area contributed by atoms with Crippen LogP contribution in [0.1, 0.15) is 30.4 Å². The average molecular weight is 393 g/mol. The second-order valence-corrected chi connectivity index (χ2v) is 7.39. The Morgan fingerprint density at radius 1 is 0.893 bits per heavy atom. The van der Waals surface area contributed by atoms with Crippen LogP contribution < -0.4 is 10.3 Å². The Morgan fingerprint density at radius 3 is 2.39 bits per heavy atom. The maximum absolute atomic E-state index is 11.2. The Labute approximate surface area is 169 Å². The molecule has 0 spiro atoms. The first-order chi connectivity index (χ1) is 13.8. The second kappa shape index (κ2) is 11.1. The normalized spacial score (nSPS) is 11.0. The van der Waals surface area contributed by atoms with Gasteiger partial charge in [-0.1, -0.05) is 66.4 Å². The van der Waals surface area contributed by atoms with Crippen molar-refractivity contribution in [3.8, 4) is 5.75 Å². The fraction of sp³-hybridized carbons (Fsp3) is 0.217. The van der Waals surface area contributed by atoms with E-state index >= 15 is 0 Å². The molecule has 0 radical (unpaired) electrons. The standard InChI is InChI=1S/C23H24N2O2S/c26-22-15-16-24-23(25-22)28-18-6-2-5-17-27-21-13-11-20(12-14-21)10-9-19-7-3-1-4-8-19/h1,3-4,7-16H,2,5-6,17-18H2,(H,24,25,26)/b10-9+. The minimum Gasteiger partial charge on any atom is -0.494 e. The summed E-state index contributed by atoms with van der Waals surface area (Å²) in [5.74, 6) is 1.84. The van der Waals surface area contributed by atoms with Crippen molar-refractivity contribution in [2.24, 2.45) is 0 Å². The Balaban J connectivity index is 1.31. The molecule has 0 aliphatic rings. The third-order valence-electron chi connectivity index (χ3n) is 4.09. The lowest BCUT2D eigenvalue weighted by atomic mass is 10.1. The van der Waals surface area contributed by atoms with Gasteiger partial charge in [-0.2, -0.15) is 0 Å². The number of ether oxygens (including phenoxy) is 1. The van der Waals surface area contributed by atoms with Crippen LogP contribution in [0, 0.1) is 0 Å². The van der Waals surface area contributed by atoms with E-state index in [9.17, 15) is 4.79 Å². The largest absolute Gasteiger partial charge is 0.494 e. The average Bonchev–Trinajstić information content (AvgIpc) is 2.73. The summed E-state index contributed by atoms with van der Waals surface area (Å²) in [6.07, 6.45) is 8.91. The van der Waals surface area contributed by atoms with Crippen LogP contribution in [-0.2, 0) is 0 Å². The third kappa shape index (κ3) is 7.08. The van der Waals surface area contributed by atoms with E-state index < -0.39 is 0 Å². The summed E-state index contributed by atoms with van der Waals surface area (Å²) < 4.78 is 5.81. The van der Waals surface area contributed by atoms with Crippen molar-refractivity contribution in [2.75, 3.05) is 12.4 Å². The highest BCUT2D eigenvalue weighted by molar-refractivity contribution is 7.99. The highest BCUT2D eigenvalue weighted by atomic mass is 32.2. The zero-order valence-electron chi connectivity index (χ0n) is 15.7. The molecule has 4 nitrogen and oxygen atoms in total. The van der Waals surface area contributed by atoms with E-state index in [-0.39, 0.29) is 5.56 Å². The molecule has 1 aromatic heterocycles. The fourth-order valence-corrected chi connectivity index (χ4v) is 3.45. The van der Waals surface area contributed by atoms with Gasteiger partial charge in [-0.25, -0.2) is 4.98 Å². The number of nitrogens with zero attached hydrogens (tertiary/aromatic N) is 1. The number of hydrogen-bond donors (Lipinski definition) is 1. The zero-order valence-corrected chi connectivity index (χ0v) is 16.5. The highest BCUT2D eigenvalue weighted by Crippen LogP contribution is 2.16. The van der Waals surface area contributed by atoms with Crippen molar-refractivity contribution >= 4 is 23.9 Å². The molecule has 144 valence electrons. The van der Waals surface area contributed by atoms with Crippen LogP contribution in [0.15, 0.2) is 76.8 Å². The minimum absolute atomic E-state index is 0.104. The van der Waals surface area contributed by atoms with Crippen LogP contribution >= 0.6 is 11.8 Å². The minimum atomic E-state index is -0.104. The summed E-state index contributed by atoms with van der Waals surface area (Å²) in [6.45, 7) is 0.713. The topological polar surface area (TPSA) is 55.0 Å². The summed E-state index contributed by atoms with van der Waals surface area (Å²) in [5, 5.41) is 0.685. The maximum atomic E-state index is 11.2. The molecule has 1 N–H and O–H groups in total. The number of aromatic amines is 1. The molecule has 0 saturated carbocycles. The van der Waals surface area contributed by atoms with Gasteiger partial charge in [-0.05, 0) is 42.5 Å². The maximum Gasteiger partial charge on any atom is 0.251 e. The summed E-state index contributed by atoms with van der Waals surface area (Å²) in [7, 11) is 0. The Bertz CT molecular complexity index is 921. The first kappa shape index (κ1) is 20.0. The van der Waals surface area contributed by atoms with E-state index in [0.717, 1.165) is 36.3 Å². The Morgan fingerprint density at radius 2 is 1.64 bits per heavy atom. The number of aromatic nitrogens is 2. The van der Waals surface area contributed by atoms with Crippen molar-refractivity contribution in [3.63, 3.8) is 0 Å². The molecular formula is C23H24N2O2S. The van der Waals surface area contributed by atoms with Gasteiger partial charge in [-0.15, -0.1) is 0 Å².